The van der Waals surface area contributed by atoms with Crippen LogP contribution in [-0.2, 0) is 24.1 Å². The number of hydrogen-bond donors (Lipinski definition) is 0. The molecule has 1 aliphatic carbocycles. The summed E-state index contributed by atoms with van der Waals surface area (Å²) in [7, 11) is 0. The Balaban J connectivity index is 1.28. The number of anilines is 2. The quantitative estimate of drug-likeness (QED) is 0.398. The monoisotopic (exact) mass is 609 g/mol. The Morgan fingerprint density at radius 1 is 1.16 bits per heavy atom. The van der Waals surface area contributed by atoms with E-state index in [-0.39, 0.29) is 55.4 Å². The number of carbonyl (C=O) groups excluding carboxylic acids is 1. The molecule has 3 aliphatic heterocycles. The van der Waals surface area contributed by atoms with Gasteiger partial charge in [-0.1, -0.05) is 12.6 Å². The van der Waals surface area contributed by atoms with Crippen molar-refractivity contribution in [1.82, 2.24) is 19.8 Å². The molecule has 4 aliphatic rings. The van der Waals surface area contributed by atoms with E-state index in [1.807, 2.05) is 6.07 Å². The summed E-state index contributed by atoms with van der Waals surface area (Å²) in [5, 5.41) is 9.49. The Morgan fingerprint density at radius 3 is 2.77 bits per heavy atom. The van der Waals surface area contributed by atoms with Gasteiger partial charge in [0.15, 0.2) is 0 Å². The molecule has 1 aromatic carbocycles. The first-order valence-corrected chi connectivity index (χ1v) is 15.5. The third-order valence-electron chi connectivity index (χ3n) is 9.46. The first-order chi connectivity index (χ1) is 21.3. The summed E-state index contributed by atoms with van der Waals surface area (Å²) in [5.74, 6) is 0.291. The molecular formula is C32H38F3N7O2. The van der Waals surface area contributed by atoms with Crippen molar-refractivity contribution in [1.29, 1.82) is 5.26 Å². The molecule has 2 saturated heterocycles. The number of fused-ring (bicyclic) bond motifs is 2. The minimum absolute atomic E-state index is 0.118. The Labute approximate surface area is 255 Å². The summed E-state index contributed by atoms with van der Waals surface area (Å²) < 4.78 is 46.4. The van der Waals surface area contributed by atoms with Gasteiger partial charge in [0.2, 0.25) is 5.91 Å². The molecule has 1 aromatic heterocycles. The minimum Gasteiger partial charge on any atom is -0.462 e. The van der Waals surface area contributed by atoms with Gasteiger partial charge in [-0.05, 0) is 55.9 Å². The topological polar surface area (TPSA) is 88.8 Å². The number of hydrogen-bond acceptors (Lipinski definition) is 8. The van der Waals surface area contributed by atoms with Crippen molar-refractivity contribution < 1.29 is 22.7 Å². The van der Waals surface area contributed by atoms with Gasteiger partial charge in [0, 0.05) is 62.5 Å². The zero-order valence-corrected chi connectivity index (χ0v) is 24.8. The molecule has 0 saturated carbocycles. The minimum atomic E-state index is -2.40. The summed E-state index contributed by atoms with van der Waals surface area (Å²) in [6, 6.07) is 7.14. The van der Waals surface area contributed by atoms with Crippen LogP contribution in [0.25, 0.3) is 0 Å². The molecule has 0 unspecified atom stereocenters. The third-order valence-corrected chi connectivity index (χ3v) is 9.46. The predicted molar refractivity (Wildman–Crippen MR) is 160 cm³/mol. The van der Waals surface area contributed by atoms with E-state index in [4.69, 9.17) is 14.7 Å². The number of aromatic nitrogens is 2. The van der Waals surface area contributed by atoms with Crippen LogP contribution in [0.2, 0.25) is 0 Å². The number of nitriles is 1. The van der Waals surface area contributed by atoms with Gasteiger partial charge >= 0.3 is 6.01 Å². The number of aryl methyl sites for hydroxylation is 1. The van der Waals surface area contributed by atoms with E-state index in [0.717, 1.165) is 67.0 Å². The average molecular weight is 610 g/mol. The maximum absolute atomic E-state index is 14.3. The van der Waals surface area contributed by atoms with Gasteiger partial charge in [0.25, 0.3) is 6.43 Å². The van der Waals surface area contributed by atoms with Crippen LogP contribution in [0.5, 0.6) is 6.01 Å². The number of piperazine rings is 1. The van der Waals surface area contributed by atoms with E-state index in [0.29, 0.717) is 32.6 Å². The molecule has 2 aromatic rings. The van der Waals surface area contributed by atoms with Crippen molar-refractivity contribution in [3.8, 4) is 12.1 Å². The standard InChI is InChI=1S/C32H38F3N7O2/c1-2-30(43)42-15-14-40(18-24(42)9-11-36)31-26-8-7-23(41-12-3-4-21-5-6-22(33)16-28(21)41)17-27(26)37-32(38-31)44-20-25-10-13-39(25)19-29(34)35/h2,5-6,16,23-25,29H,1,3-4,7-10,12-15,17-20H2/t23-,24+,25+/m1/s1. The van der Waals surface area contributed by atoms with Gasteiger partial charge in [0.05, 0.1) is 30.8 Å². The molecule has 9 nitrogen and oxygen atoms in total. The summed E-state index contributed by atoms with van der Waals surface area (Å²) >= 11 is 0. The third kappa shape index (κ3) is 6.20. The fraction of sp³-hybridized carbons (Fsp3) is 0.562. The van der Waals surface area contributed by atoms with Crippen molar-refractivity contribution in [3.63, 3.8) is 0 Å². The van der Waals surface area contributed by atoms with E-state index in [9.17, 15) is 23.2 Å². The number of carbonyl (C=O) groups is 1. The molecular weight excluding hydrogens is 571 g/mol. The number of nitrogens with zero attached hydrogens (tertiary/aromatic N) is 7. The summed E-state index contributed by atoms with van der Waals surface area (Å²) in [5.41, 5.74) is 3.98. The highest BCUT2D eigenvalue weighted by atomic mass is 19.3. The van der Waals surface area contributed by atoms with Gasteiger partial charge in [-0.3, -0.25) is 9.69 Å². The van der Waals surface area contributed by atoms with E-state index < -0.39 is 6.43 Å². The van der Waals surface area contributed by atoms with E-state index in [1.165, 1.54) is 12.1 Å². The van der Waals surface area contributed by atoms with Crippen LogP contribution in [0.3, 0.4) is 0 Å². The number of benzene rings is 1. The summed E-state index contributed by atoms with van der Waals surface area (Å²) in [6.45, 7) is 6.39. The number of halogens is 3. The SMILES string of the molecule is C=CC(=O)N1CCN(c2nc(OC[C@@H]3CCN3CC(F)F)nc3c2CC[C@@H](N2CCCc4ccc(F)cc42)C3)C[C@@H]1CC#N. The molecule has 0 N–H and O–H groups in total. The lowest BCUT2D eigenvalue weighted by atomic mass is 9.88. The zero-order valence-electron chi connectivity index (χ0n) is 24.8. The Bertz CT molecular complexity index is 1430. The molecule has 12 heteroatoms. The van der Waals surface area contributed by atoms with Crippen LogP contribution in [0.4, 0.5) is 24.7 Å². The highest BCUT2D eigenvalue weighted by Gasteiger charge is 2.36. The van der Waals surface area contributed by atoms with Gasteiger partial charge in [-0.25, -0.2) is 13.2 Å². The lowest BCUT2D eigenvalue weighted by Crippen LogP contribution is -2.55. The van der Waals surface area contributed by atoms with Gasteiger partial charge in [-0.15, -0.1) is 0 Å². The molecule has 0 bridgehead atoms. The number of ether oxygens (including phenoxy) is 1. The van der Waals surface area contributed by atoms with Crippen LogP contribution >= 0.6 is 0 Å². The highest BCUT2D eigenvalue weighted by molar-refractivity contribution is 5.87. The van der Waals surface area contributed by atoms with E-state index in [1.54, 1.807) is 15.9 Å². The van der Waals surface area contributed by atoms with Crippen molar-refractivity contribution in [3.05, 3.63) is 53.5 Å². The highest BCUT2D eigenvalue weighted by Crippen LogP contribution is 2.37. The maximum Gasteiger partial charge on any atom is 0.318 e. The van der Waals surface area contributed by atoms with Crippen LogP contribution in [0.1, 0.15) is 42.5 Å². The molecule has 3 atom stereocenters. The lowest BCUT2D eigenvalue weighted by molar-refractivity contribution is -0.128. The molecule has 234 valence electrons. The molecule has 2 fully saturated rings. The van der Waals surface area contributed by atoms with E-state index in [2.05, 4.69) is 22.4 Å². The second-order valence-corrected chi connectivity index (χ2v) is 12.1. The summed E-state index contributed by atoms with van der Waals surface area (Å²) in [4.78, 5) is 30.0. The van der Waals surface area contributed by atoms with Crippen molar-refractivity contribution in [2.75, 3.05) is 55.7 Å². The predicted octanol–water partition coefficient (Wildman–Crippen LogP) is 3.76. The van der Waals surface area contributed by atoms with Gasteiger partial charge in [-0.2, -0.15) is 15.2 Å². The largest absolute Gasteiger partial charge is 0.462 e. The molecule has 0 spiro atoms. The molecule has 44 heavy (non-hydrogen) atoms. The number of likely N-dealkylation sites (tertiary alicyclic amines) is 1. The lowest BCUT2D eigenvalue weighted by Gasteiger charge is -2.43. The normalized spacial score (nSPS) is 23.4. The average Bonchev–Trinajstić information content (AvgIpc) is 3.02. The number of amides is 1. The first-order valence-electron chi connectivity index (χ1n) is 15.5. The van der Waals surface area contributed by atoms with Gasteiger partial charge in [0.1, 0.15) is 18.2 Å². The fourth-order valence-corrected chi connectivity index (χ4v) is 7.11. The molecule has 4 heterocycles. The number of alkyl halides is 2. The van der Waals surface area contributed by atoms with Gasteiger partial charge < -0.3 is 19.4 Å². The van der Waals surface area contributed by atoms with Crippen molar-refractivity contribution >= 4 is 17.4 Å². The molecule has 1 amide bonds. The number of rotatable bonds is 9. The van der Waals surface area contributed by atoms with Crippen molar-refractivity contribution in [2.45, 2.75) is 69.5 Å². The summed E-state index contributed by atoms with van der Waals surface area (Å²) in [6.07, 6.45) is 3.95. The molecule has 0 radical (unpaired) electrons. The second kappa shape index (κ2) is 13.0. The molecule has 6 rings (SSSR count). The van der Waals surface area contributed by atoms with Crippen LogP contribution in [0, 0.1) is 17.1 Å². The Kier molecular flexibility index (Phi) is 8.93. The zero-order chi connectivity index (χ0) is 30.8. The van der Waals surface area contributed by atoms with Crippen LogP contribution in [0.15, 0.2) is 30.9 Å². The Hall–Kier alpha value is -3.85. The van der Waals surface area contributed by atoms with Crippen molar-refractivity contribution in [2.24, 2.45) is 0 Å². The maximum atomic E-state index is 14.3. The Morgan fingerprint density at radius 2 is 2.02 bits per heavy atom. The smallest absolute Gasteiger partial charge is 0.318 e. The van der Waals surface area contributed by atoms with E-state index >= 15 is 0 Å². The second-order valence-electron chi connectivity index (χ2n) is 12.1. The van der Waals surface area contributed by atoms with Crippen LogP contribution in [-0.4, -0.2) is 96.1 Å². The fourth-order valence-electron chi connectivity index (χ4n) is 7.11. The van der Waals surface area contributed by atoms with Crippen LogP contribution < -0.4 is 14.5 Å². The first kappa shape index (κ1) is 30.2.